The summed E-state index contributed by atoms with van der Waals surface area (Å²) in [6, 6.07) is 11.3. The predicted octanol–water partition coefficient (Wildman–Crippen LogP) is 3.64. The monoisotopic (exact) mass is 412 g/mol. The van der Waals surface area contributed by atoms with Crippen molar-refractivity contribution in [2.75, 3.05) is 13.1 Å². The Morgan fingerprint density at radius 3 is 2.39 bits per heavy atom. The van der Waals surface area contributed by atoms with Crippen molar-refractivity contribution in [3.05, 3.63) is 59.9 Å². The third-order valence-corrected chi connectivity index (χ3v) is 6.93. The van der Waals surface area contributed by atoms with E-state index >= 15 is 0 Å². The van der Waals surface area contributed by atoms with Crippen molar-refractivity contribution < 1.29 is 26.3 Å². The zero-order valence-electron chi connectivity index (χ0n) is 14.8. The van der Waals surface area contributed by atoms with Gasteiger partial charge in [0.25, 0.3) is 0 Å². The van der Waals surface area contributed by atoms with Crippen molar-refractivity contribution in [2.45, 2.75) is 36.1 Å². The predicted molar refractivity (Wildman–Crippen MR) is 94.8 cm³/mol. The van der Waals surface area contributed by atoms with Crippen LogP contribution in [0.1, 0.15) is 30.2 Å². The van der Waals surface area contributed by atoms with Gasteiger partial charge in [0, 0.05) is 19.3 Å². The minimum absolute atomic E-state index is 0.0399. The van der Waals surface area contributed by atoms with Gasteiger partial charge in [-0.3, -0.25) is 4.98 Å². The number of halogens is 3. The molecule has 0 N–H and O–H groups in total. The minimum atomic E-state index is -4.86. The smallest absolute Gasteiger partial charge is 0.367 e. The average molecular weight is 412 g/mol. The fourth-order valence-electron chi connectivity index (χ4n) is 3.48. The van der Waals surface area contributed by atoms with Crippen LogP contribution in [0.3, 0.4) is 0 Å². The van der Waals surface area contributed by atoms with Gasteiger partial charge < -0.3 is 4.74 Å². The summed E-state index contributed by atoms with van der Waals surface area (Å²) in [6.45, 7) is 0.00425. The summed E-state index contributed by atoms with van der Waals surface area (Å²) in [6.07, 6.45) is -2.91. The number of pyridine rings is 1. The summed E-state index contributed by atoms with van der Waals surface area (Å²) < 4.78 is 73.5. The molecular formula is C19H19F3N2O3S. The zero-order chi connectivity index (χ0) is 19.9. The number of ether oxygens (including phenoxy) is 1. The first-order valence-corrected chi connectivity index (χ1v) is 10.4. The molecule has 1 saturated heterocycles. The van der Waals surface area contributed by atoms with Crippen molar-refractivity contribution >= 4 is 10.0 Å². The van der Waals surface area contributed by atoms with Gasteiger partial charge >= 0.3 is 6.18 Å². The average Bonchev–Trinajstić information content (AvgIpc) is 3.53. The molecule has 1 aromatic heterocycles. The van der Waals surface area contributed by atoms with E-state index in [0.29, 0.717) is 0 Å². The molecule has 0 radical (unpaired) electrons. The number of hydrogen-bond donors (Lipinski definition) is 0. The van der Waals surface area contributed by atoms with Crippen LogP contribution in [-0.4, -0.2) is 36.9 Å². The maximum atomic E-state index is 13.3. The van der Waals surface area contributed by atoms with Crippen LogP contribution in [0.2, 0.25) is 0 Å². The van der Waals surface area contributed by atoms with Gasteiger partial charge in [0.1, 0.15) is 4.90 Å². The van der Waals surface area contributed by atoms with Gasteiger partial charge in [-0.15, -0.1) is 0 Å². The summed E-state index contributed by atoms with van der Waals surface area (Å²) in [7, 11) is -4.38. The first-order chi connectivity index (χ1) is 13.3. The molecule has 1 saturated carbocycles. The fraction of sp³-hybridized carbons (Fsp3) is 0.421. The van der Waals surface area contributed by atoms with Gasteiger partial charge in [-0.1, -0.05) is 30.3 Å². The molecule has 2 heterocycles. The van der Waals surface area contributed by atoms with E-state index in [4.69, 9.17) is 4.74 Å². The molecular weight excluding hydrogens is 393 g/mol. The number of nitrogens with zero attached hydrogens (tertiary/aromatic N) is 2. The molecule has 2 fully saturated rings. The van der Waals surface area contributed by atoms with Crippen molar-refractivity contribution in [3.63, 3.8) is 0 Å². The second kappa shape index (κ2) is 7.13. The number of sulfonamides is 1. The minimum Gasteiger partial charge on any atom is -0.367 e. The summed E-state index contributed by atoms with van der Waals surface area (Å²) in [5.41, 5.74) is -0.587. The van der Waals surface area contributed by atoms with Gasteiger partial charge in [-0.2, -0.15) is 17.5 Å². The molecule has 1 aliphatic heterocycles. The number of aromatic nitrogens is 1. The molecule has 150 valence electrons. The molecule has 1 aromatic carbocycles. The van der Waals surface area contributed by atoms with Gasteiger partial charge in [0.05, 0.1) is 12.2 Å². The molecule has 0 bridgehead atoms. The summed E-state index contributed by atoms with van der Waals surface area (Å²) in [4.78, 5) is 2.48. The van der Waals surface area contributed by atoms with Crippen LogP contribution in [0.4, 0.5) is 13.2 Å². The van der Waals surface area contributed by atoms with Crippen LogP contribution in [0.5, 0.6) is 0 Å². The Bertz CT molecular complexity index is 946. The van der Waals surface area contributed by atoms with E-state index in [2.05, 4.69) is 4.98 Å². The van der Waals surface area contributed by atoms with Crippen molar-refractivity contribution in [1.29, 1.82) is 0 Å². The molecule has 0 spiro atoms. The Labute approximate surface area is 161 Å². The van der Waals surface area contributed by atoms with E-state index < -0.39 is 32.9 Å². The van der Waals surface area contributed by atoms with E-state index in [-0.39, 0.29) is 25.1 Å². The van der Waals surface area contributed by atoms with Gasteiger partial charge in [0.2, 0.25) is 10.0 Å². The van der Waals surface area contributed by atoms with Crippen LogP contribution in [0.25, 0.3) is 0 Å². The molecule has 28 heavy (non-hydrogen) atoms. The Kier molecular flexibility index (Phi) is 4.93. The number of hydrogen-bond acceptors (Lipinski definition) is 4. The highest BCUT2D eigenvalue weighted by Gasteiger charge is 2.45. The third-order valence-electron chi connectivity index (χ3n) is 5.07. The largest absolute Gasteiger partial charge is 0.434 e. The summed E-state index contributed by atoms with van der Waals surface area (Å²) >= 11 is 0. The number of morpholine rings is 1. The molecule has 1 aliphatic carbocycles. The first-order valence-electron chi connectivity index (χ1n) is 8.99. The lowest BCUT2D eigenvalue weighted by atomic mass is 10.1. The lowest BCUT2D eigenvalue weighted by Crippen LogP contribution is -2.48. The van der Waals surface area contributed by atoms with Gasteiger partial charge in [-0.25, -0.2) is 8.42 Å². The highest BCUT2D eigenvalue weighted by atomic mass is 32.2. The van der Waals surface area contributed by atoms with Crippen LogP contribution >= 0.6 is 0 Å². The quantitative estimate of drug-likeness (QED) is 0.769. The van der Waals surface area contributed by atoms with Crippen molar-refractivity contribution in [1.82, 2.24) is 9.29 Å². The van der Waals surface area contributed by atoms with E-state index in [9.17, 15) is 21.6 Å². The van der Waals surface area contributed by atoms with Crippen LogP contribution < -0.4 is 0 Å². The zero-order valence-corrected chi connectivity index (χ0v) is 15.7. The number of alkyl halides is 3. The second-order valence-corrected chi connectivity index (χ2v) is 8.99. The Morgan fingerprint density at radius 1 is 1.04 bits per heavy atom. The lowest BCUT2D eigenvalue weighted by Gasteiger charge is -2.38. The fourth-order valence-corrected chi connectivity index (χ4v) is 5.10. The summed E-state index contributed by atoms with van der Waals surface area (Å²) in [5.74, 6) is 0.236. The summed E-state index contributed by atoms with van der Waals surface area (Å²) in [5, 5.41) is 0. The van der Waals surface area contributed by atoms with Crippen LogP contribution in [0, 0.1) is 5.92 Å². The SMILES string of the molecule is O=S(=O)(c1cccnc1C(F)(F)F)N1C[C@@H](c2ccccc2)O[C@@H](C2CC2)C1. The maximum absolute atomic E-state index is 13.3. The molecule has 0 unspecified atom stereocenters. The molecule has 5 nitrogen and oxygen atoms in total. The maximum Gasteiger partial charge on any atom is 0.434 e. The highest BCUT2D eigenvalue weighted by Crippen LogP contribution is 2.41. The molecule has 2 atom stereocenters. The normalized spacial score (nSPS) is 24.2. The van der Waals surface area contributed by atoms with E-state index in [1.165, 1.54) is 6.07 Å². The van der Waals surface area contributed by atoms with Crippen LogP contribution in [-0.2, 0) is 20.9 Å². The standard InChI is InChI=1S/C19H19F3N2O3S/c20-19(21,22)18-17(7-4-10-23-18)28(25,26)24-11-15(13-5-2-1-3-6-13)27-16(12-24)14-8-9-14/h1-7,10,14-16H,8-9,11-12H2/t15-,16+/m0/s1. The highest BCUT2D eigenvalue weighted by molar-refractivity contribution is 7.89. The van der Waals surface area contributed by atoms with Crippen molar-refractivity contribution in [3.8, 4) is 0 Å². The molecule has 0 amide bonds. The molecule has 9 heteroatoms. The Hall–Kier alpha value is -1.97. The molecule has 2 aromatic rings. The molecule has 4 rings (SSSR count). The second-order valence-electron chi connectivity index (χ2n) is 7.08. The Morgan fingerprint density at radius 2 is 1.75 bits per heavy atom. The number of rotatable bonds is 4. The third kappa shape index (κ3) is 3.78. The van der Waals surface area contributed by atoms with E-state index in [1.54, 1.807) is 0 Å². The van der Waals surface area contributed by atoms with E-state index in [0.717, 1.165) is 35.0 Å². The van der Waals surface area contributed by atoms with Gasteiger partial charge in [0.15, 0.2) is 5.69 Å². The molecule has 2 aliphatic rings. The Balaban J connectivity index is 1.70. The first kappa shape index (κ1) is 19.4. The van der Waals surface area contributed by atoms with E-state index in [1.807, 2.05) is 30.3 Å². The lowest BCUT2D eigenvalue weighted by molar-refractivity contribution is -0.143. The van der Waals surface area contributed by atoms with Crippen molar-refractivity contribution in [2.24, 2.45) is 5.92 Å². The number of benzene rings is 1. The topological polar surface area (TPSA) is 59.5 Å². The van der Waals surface area contributed by atoms with Gasteiger partial charge in [-0.05, 0) is 36.5 Å². The van der Waals surface area contributed by atoms with Crippen LogP contribution in [0.15, 0.2) is 53.6 Å².